The molecule has 0 fully saturated rings. The van der Waals surface area contributed by atoms with Gasteiger partial charge in [-0.25, -0.2) is 4.39 Å². The van der Waals surface area contributed by atoms with Gasteiger partial charge in [0.25, 0.3) is 5.91 Å². The van der Waals surface area contributed by atoms with E-state index < -0.39 is 5.82 Å². The summed E-state index contributed by atoms with van der Waals surface area (Å²) in [6, 6.07) is 6.00. The summed E-state index contributed by atoms with van der Waals surface area (Å²) in [6.45, 7) is 2.70. The van der Waals surface area contributed by atoms with E-state index in [9.17, 15) is 9.18 Å². The third-order valence-electron chi connectivity index (χ3n) is 3.02. The summed E-state index contributed by atoms with van der Waals surface area (Å²) in [6.07, 6.45) is 5.04. The molecular weight excluding hydrogens is 305 g/mol. The Morgan fingerprint density at radius 3 is 2.82 bits per heavy atom. The van der Waals surface area contributed by atoms with Crippen LogP contribution in [0, 0.1) is 5.82 Å². The lowest BCUT2D eigenvalue weighted by molar-refractivity contribution is 0.0953. The summed E-state index contributed by atoms with van der Waals surface area (Å²) in [5.74, 6) is -0.642. The minimum Gasteiger partial charge on any atom is -0.354 e. The molecule has 0 unspecified atom stereocenters. The molecule has 0 spiro atoms. The molecular formula is C16H17ClFN3O. The molecule has 1 heterocycles. The number of hydrogen-bond acceptors (Lipinski definition) is 3. The molecule has 0 aliphatic heterocycles. The fourth-order valence-electron chi connectivity index (χ4n) is 1.85. The van der Waals surface area contributed by atoms with E-state index in [-0.39, 0.29) is 10.9 Å². The second-order valence-corrected chi connectivity index (χ2v) is 5.23. The Labute approximate surface area is 133 Å². The van der Waals surface area contributed by atoms with Crippen LogP contribution in [0.5, 0.6) is 0 Å². The van der Waals surface area contributed by atoms with Crippen LogP contribution in [0.1, 0.15) is 30.1 Å². The highest BCUT2D eigenvalue weighted by Gasteiger charge is 2.07. The predicted octanol–water partition coefficient (Wildman–Crippen LogP) is 4.15. The van der Waals surface area contributed by atoms with Crippen LogP contribution in [0.3, 0.4) is 0 Å². The molecule has 0 aliphatic rings. The van der Waals surface area contributed by atoms with Crippen LogP contribution in [0.25, 0.3) is 0 Å². The third-order valence-corrected chi connectivity index (χ3v) is 3.31. The number of unbranched alkanes of at least 4 members (excludes halogenated alkanes) is 1. The van der Waals surface area contributed by atoms with E-state index in [2.05, 4.69) is 22.5 Å². The number of benzene rings is 1. The number of amides is 1. The van der Waals surface area contributed by atoms with Crippen molar-refractivity contribution in [3.8, 4) is 0 Å². The maximum Gasteiger partial charge on any atom is 0.252 e. The summed E-state index contributed by atoms with van der Waals surface area (Å²) >= 11 is 5.74. The van der Waals surface area contributed by atoms with Crippen LogP contribution in [-0.4, -0.2) is 17.4 Å². The zero-order valence-corrected chi connectivity index (χ0v) is 13.0. The molecule has 1 aromatic heterocycles. The molecule has 0 atom stereocenters. The molecule has 1 amide bonds. The molecule has 6 heteroatoms. The van der Waals surface area contributed by atoms with Gasteiger partial charge >= 0.3 is 0 Å². The molecule has 116 valence electrons. The number of pyridine rings is 1. The molecule has 0 saturated carbocycles. The number of aromatic nitrogens is 1. The SMILES string of the molecule is CCCCNC(=O)c1cncc(Nc2ccc(F)c(Cl)c2)c1. The van der Waals surface area contributed by atoms with E-state index in [1.807, 2.05) is 0 Å². The Balaban J connectivity index is 2.07. The number of nitrogens with zero attached hydrogens (tertiary/aromatic N) is 1. The van der Waals surface area contributed by atoms with Gasteiger partial charge in [-0.1, -0.05) is 24.9 Å². The highest BCUT2D eigenvalue weighted by Crippen LogP contribution is 2.22. The van der Waals surface area contributed by atoms with Gasteiger partial charge in [0.05, 0.1) is 22.5 Å². The van der Waals surface area contributed by atoms with Gasteiger partial charge in [0.15, 0.2) is 0 Å². The molecule has 2 aromatic rings. The van der Waals surface area contributed by atoms with Crippen molar-refractivity contribution in [3.63, 3.8) is 0 Å². The van der Waals surface area contributed by atoms with Gasteiger partial charge in [-0.2, -0.15) is 0 Å². The summed E-state index contributed by atoms with van der Waals surface area (Å²) in [5, 5.41) is 5.90. The van der Waals surface area contributed by atoms with Crippen LogP contribution >= 0.6 is 11.6 Å². The van der Waals surface area contributed by atoms with Gasteiger partial charge in [-0.15, -0.1) is 0 Å². The summed E-state index contributed by atoms with van der Waals surface area (Å²) in [4.78, 5) is 16.0. The van der Waals surface area contributed by atoms with E-state index in [0.717, 1.165) is 12.8 Å². The van der Waals surface area contributed by atoms with Crippen LogP contribution < -0.4 is 10.6 Å². The van der Waals surface area contributed by atoms with Crippen LogP contribution in [0.2, 0.25) is 5.02 Å². The first-order valence-corrected chi connectivity index (χ1v) is 7.43. The van der Waals surface area contributed by atoms with Crippen molar-refractivity contribution in [1.29, 1.82) is 0 Å². The first-order chi connectivity index (χ1) is 10.6. The van der Waals surface area contributed by atoms with Gasteiger partial charge in [-0.3, -0.25) is 9.78 Å². The molecule has 4 nitrogen and oxygen atoms in total. The van der Waals surface area contributed by atoms with E-state index in [4.69, 9.17) is 11.6 Å². The molecule has 0 radical (unpaired) electrons. The topological polar surface area (TPSA) is 54.0 Å². The van der Waals surface area contributed by atoms with Crippen molar-refractivity contribution in [3.05, 3.63) is 53.1 Å². The molecule has 22 heavy (non-hydrogen) atoms. The summed E-state index contributed by atoms with van der Waals surface area (Å²) < 4.78 is 13.1. The Morgan fingerprint density at radius 2 is 2.09 bits per heavy atom. The van der Waals surface area contributed by atoms with E-state index >= 15 is 0 Å². The minimum absolute atomic E-state index is 0.0337. The highest BCUT2D eigenvalue weighted by atomic mass is 35.5. The van der Waals surface area contributed by atoms with Crippen molar-refractivity contribution >= 4 is 28.9 Å². The maximum absolute atomic E-state index is 13.1. The largest absolute Gasteiger partial charge is 0.354 e. The Kier molecular flexibility index (Phi) is 5.72. The van der Waals surface area contributed by atoms with Gasteiger partial charge < -0.3 is 10.6 Å². The van der Waals surface area contributed by atoms with Crippen LogP contribution in [0.4, 0.5) is 15.8 Å². The van der Waals surface area contributed by atoms with Crippen LogP contribution in [0.15, 0.2) is 36.7 Å². The second kappa shape index (κ2) is 7.75. The van der Waals surface area contributed by atoms with Gasteiger partial charge in [0.1, 0.15) is 5.82 Å². The Hall–Kier alpha value is -2.14. The second-order valence-electron chi connectivity index (χ2n) is 4.83. The van der Waals surface area contributed by atoms with Crippen LogP contribution in [-0.2, 0) is 0 Å². The maximum atomic E-state index is 13.1. The standard InChI is InChI=1S/C16H17ClFN3O/c1-2-3-6-20-16(22)11-7-13(10-19-9-11)21-12-4-5-15(18)14(17)8-12/h4-5,7-10,21H,2-3,6H2,1H3,(H,20,22). The average Bonchev–Trinajstić information content (AvgIpc) is 2.51. The molecule has 2 rings (SSSR count). The Morgan fingerprint density at radius 1 is 1.27 bits per heavy atom. The summed E-state index contributed by atoms with van der Waals surface area (Å²) in [5.41, 5.74) is 1.72. The fourth-order valence-corrected chi connectivity index (χ4v) is 2.03. The number of hydrogen-bond donors (Lipinski definition) is 2. The predicted molar refractivity (Wildman–Crippen MR) is 86.2 cm³/mol. The lowest BCUT2D eigenvalue weighted by atomic mass is 10.2. The number of rotatable bonds is 6. The Bertz CT molecular complexity index is 664. The summed E-state index contributed by atoms with van der Waals surface area (Å²) in [7, 11) is 0. The zero-order valence-electron chi connectivity index (χ0n) is 12.2. The van der Waals surface area contributed by atoms with Crippen molar-refractivity contribution in [2.24, 2.45) is 0 Å². The van der Waals surface area contributed by atoms with E-state index in [1.165, 1.54) is 18.3 Å². The van der Waals surface area contributed by atoms with Gasteiger partial charge in [0.2, 0.25) is 0 Å². The normalized spacial score (nSPS) is 10.3. The molecule has 0 aliphatic carbocycles. The van der Waals surface area contributed by atoms with E-state index in [1.54, 1.807) is 18.3 Å². The van der Waals surface area contributed by atoms with Crippen molar-refractivity contribution < 1.29 is 9.18 Å². The smallest absolute Gasteiger partial charge is 0.252 e. The highest BCUT2D eigenvalue weighted by molar-refractivity contribution is 6.31. The molecule has 1 aromatic carbocycles. The van der Waals surface area contributed by atoms with Crippen molar-refractivity contribution in [1.82, 2.24) is 10.3 Å². The van der Waals surface area contributed by atoms with Crippen molar-refractivity contribution in [2.45, 2.75) is 19.8 Å². The van der Waals surface area contributed by atoms with Gasteiger partial charge in [0, 0.05) is 18.4 Å². The lowest BCUT2D eigenvalue weighted by Crippen LogP contribution is -2.24. The monoisotopic (exact) mass is 321 g/mol. The number of anilines is 2. The van der Waals surface area contributed by atoms with Crippen molar-refractivity contribution in [2.75, 3.05) is 11.9 Å². The minimum atomic E-state index is -0.477. The first kappa shape index (κ1) is 16.2. The van der Waals surface area contributed by atoms with Gasteiger partial charge in [-0.05, 0) is 30.7 Å². The molecule has 0 saturated heterocycles. The molecule has 0 bridgehead atoms. The average molecular weight is 322 g/mol. The zero-order chi connectivity index (χ0) is 15.9. The number of carbonyl (C=O) groups is 1. The molecule has 2 N–H and O–H groups in total. The number of halogens is 2. The fraction of sp³-hybridized carbons (Fsp3) is 0.250. The number of carbonyl (C=O) groups excluding carboxylic acids is 1. The first-order valence-electron chi connectivity index (χ1n) is 7.05. The number of nitrogens with one attached hydrogen (secondary N) is 2. The van der Waals surface area contributed by atoms with E-state index in [0.29, 0.717) is 23.5 Å². The third kappa shape index (κ3) is 4.43. The lowest BCUT2D eigenvalue weighted by Gasteiger charge is -2.09. The quantitative estimate of drug-likeness (QED) is 0.786.